The first-order valence-corrected chi connectivity index (χ1v) is 10.8. The molecule has 1 heterocycles. The average molecular weight is 388 g/mol. The first-order chi connectivity index (χ1) is 13.5. The smallest absolute Gasteiger partial charge is 0.236 e. The second-order valence-electron chi connectivity index (χ2n) is 8.02. The van der Waals surface area contributed by atoms with E-state index in [0.717, 1.165) is 37.9 Å². The molecule has 0 spiro atoms. The Hall–Kier alpha value is -1.88. The van der Waals surface area contributed by atoms with E-state index < -0.39 is 0 Å². The molecule has 1 N–H and O–H groups in total. The van der Waals surface area contributed by atoms with Crippen LogP contribution in [0.25, 0.3) is 0 Å². The van der Waals surface area contributed by atoms with E-state index in [1.165, 1.54) is 19.3 Å². The second-order valence-corrected chi connectivity index (χ2v) is 8.02. The van der Waals surface area contributed by atoms with Crippen LogP contribution in [-0.2, 0) is 9.59 Å². The molecule has 1 fully saturated rings. The summed E-state index contributed by atoms with van der Waals surface area (Å²) < 4.78 is 0. The Balaban J connectivity index is 1.78. The number of rotatable bonds is 10. The van der Waals surface area contributed by atoms with Gasteiger partial charge in [0.05, 0.1) is 18.5 Å². The van der Waals surface area contributed by atoms with Gasteiger partial charge in [-0.2, -0.15) is 0 Å². The Bertz CT molecular complexity index is 605. The van der Waals surface area contributed by atoms with Gasteiger partial charge in [-0.15, -0.1) is 0 Å². The number of carbonyl (C=O) groups excluding carboxylic acids is 2. The number of hydrogen-bond acceptors (Lipinski definition) is 3. The van der Waals surface area contributed by atoms with Gasteiger partial charge < -0.3 is 10.2 Å². The highest BCUT2D eigenvalue weighted by molar-refractivity contribution is 5.80. The molecule has 5 nitrogen and oxygen atoms in total. The molecule has 0 bridgehead atoms. The predicted octanol–water partition coefficient (Wildman–Crippen LogP) is 3.61. The van der Waals surface area contributed by atoms with Gasteiger partial charge >= 0.3 is 0 Å². The third kappa shape index (κ3) is 6.93. The summed E-state index contributed by atoms with van der Waals surface area (Å²) in [5.41, 5.74) is 1.14. The van der Waals surface area contributed by atoms with E-state index in [1.54, 1.807) is 0 Å². The molecular weight excluding hydrogens is 350 g/mol. The highest BCUT2D eigenvalue weighted by Crippen LogP contribution is 2.20. The molecule has 2 rings (SSSR count). The van der Waals surface area contributed by atoms with Crippen molar-refractivity contribution in [1.29, 1.82) is 0 Å². The van der Waals surface area contributed by atoms with Gasteiger partial charge in [0.2, 0.25) is 11.8 Å². The number of amides is 2. The zero-order valence-electron chi connectivity index (χ0n) is 17.8. The van der Waals surface area contributed by atoms with Gasteiger partial charge in [0.15, 0.2) is 0 Å². The summed E-state index contributed by atoms with van der Waals surface area (Å²) in [6, 6.07) is 10.1. The summed E-state index contributed by atoms with van der Waals surface area (Å²) in [6.07, 6.45) is 6.55. The van der Waals surface area contributed by atoms with Gasteiger partial charge in [0, 0.05) is 20.1 Å². The molecule has 5 heteroatoms. The van der Waals surface area contributed by atoms with E-state index >= 15 is 0 Å². The highest BCUT2D eigenvalue weighted by Gasteiger charge is 2.28. The molecule has 1 saturated heterocycles. The van der Waals surface area contributed by atoms with Gasteiger partial charge in [0.25, 0.3) is 0 Å². The lowest BCUT2D eigenvalue weighted by Gasteiger charge is -2.34. The van der Waals surface area contributed by atoms with Gasteiger partial charge in [-0.1, -0.05) is 56.5 Å². The van der Waals surface area contributed by atoms with Gasteiger partial charge in [-0.25, -0.2) is 0 Å². The Morgan fingerprint density at radius 2 is 1.96 bits per heavy atom. The highest BCUT2D eigenvalue weighted by atomic mass is 16.2. The van der Waals surface area contributed by atoms with Crippen molar-refractivity contribution >= 4 is 11.8 Å². The van der Waals surface area contributed by atoms with E-state index in [9.17, 15) is 9.59 Å². The Morgan fingerprint density at radius 3 is 2.68 bits per heavy atom. The van der Waals surface area contributed by atoms with E-state index in [4.69, 9.17) is 0 Å². The first kappa shape index (κ1) is 22.4. The maximum Gasteiger partial charge on any atom is 0.236 e. The van der Waals surface area contributed by atoms with Crippen molar-refractivity contribution < 1.29 is 9.59 Å². The topological polar surface area (TPSA) is 52.7 Å². The first-order valence-electron chi connectivity index (χ1n) is 10.8. The fraction of sp³-hybridized carbons (Fsp3) is 0.652. The Labute approximate surface area is 170 Å². The van der Waals surface area contributed by atoms with Crippen molar-refractivity contribution in [3.05, 3.63) is 35.9 Å². The van der Waals surface area contributed by atoms with Crippen LogP contribution in [0.1, 0.15) is 64.0 Å². The number of hydrogen-bond donors (Lipinski definition) is 1. The number of carbonyl (C=O) groups is 2. The van der Waals surface area contributed by atoms with Crippen LogP contribution in [0.3, 0.4) is 0 Å². The van der Waals surface area contributed by atoms with Crippen molar-refractivity contribution in [2.45, 2.75) is 58.4 Å². The molecule has 1 aliphatic rings. The molecule has 156 valence electrons. The van der Waals surface area contributed by atoms with Gasteiger partial charge in [-0.3, -0.25) is 14.5 Å². The van der Waals surface area contributed by atoms with Crippen molar-refractivity contribution in [2.75, 3.05) is 33.2 Å². The minimum Gasteiger partial charge on any atom is -0.356 e. The van der Waals surface area contributed by atoms with E-state index in [2.05, 4.69) is 36.2 Å². The molecule has 1 aromatic carbocycles. The van der Waals surface area contributed by atoms with Crippen LogP contribution in [-0.4, -0.2) is 54.8 Å². The van der Waals surface area contributed by atoms with Gasteiger partial charge in [0.1, 0.15) is 0 Å². The third-order valence-corrected chi connectivity index (χ3v) is 5.82. The number of unbranched alkanes of at least 4 members (excludes halogenated alkanes) is 3. The number of benzene rings is 1. The van der Waals surface area contributed by atoms with Crippen LogP contribution in [0, 0.1) is 5.92 Å². The fourth-order valence-corrected chi connectivity index (χ4v) is 3.79. The predicted molar refractivity (Wildman–Crippen MR) is 114 cm³/mol. The van der Waals surface area contributed by atoms with E-state index in [-0.39, 0.29) is 23.8 Å². The minimum atomic E-state index is 0.00424. The number of piperidine rings is 1. The Morgan fingerprint density at radius 1 is 1.21 bits per heavy atom. The normalized spacial score (nSPS) is 18.5. The van der Waals surface area contributed by atoms with Crippen LogP contribution in [0.5, 0.6) is 0 Å². The zero-order valence-corrected chi connectivity index (χ0v) is 17.8. The Kier molecular flexibility index (Phi) is 9.48. The number of nitrogens with zero attached hydrogens (tertiary/aromatic N) is 2. The SMILES string of the molecule is CCCCCCNC(=O)C1CCCN(CC(=O)N(C)C(C)c2ccccc2)C1. The molecule has 2 unspecified atom stereocenters. The minimum absolute atomic E-state index is 0.00424. The van der Waals surface area contributed by atoms with Crippen LogP contribution in [0.15, 0.2) is 30.3 Å². The second kappa shape index (κ2) is 11.8. The van der Waals surface area contributed by atoms with Crippen LogP contribution >= 0.6 is 0 Å². The maximum atomic E-state index is 12.8. The average Bonchev–Trinajstić information content (AvgIpc) is 2.73. The van der Waals surface area contributed by atoms with Crippen LogP contribution in [0.4, 0.5) is 0 Å². The lowest BCUT2D eigenvalue weighted by molar-refractivity contribution is -0.135. The number of likely N-dealkylation sites (tertiary alicyclic amines) is 1. The largest absolute Gasteiger partial charge is 0.356 e. The third-order valence-electron chi connectivity index (χ3n) is 5.82. The maximum absolute atomic E-state index is 12.8. The van der Waals surface area contributed by atoms with Crippen molar-refractivity contribution in [2.24, 2.45) is 5.92 Å². The molecule has 2 amide bonds. The molecule has 28 heavy (non-hydrogen) atoms. The molecule has 0 aliphatic carbocycles. The van der Waals surface area contributed by atoms with E-state index in [1.807, 2.05) is 30.1 Å². The van der Waals surface area contributed by atoms with Crippen LogP contribution < -0.4 is 5.32 Å². The van der Waals surface area contributed by atoms with Crippen molar-refractivity contribution in [3.63, 3.8) is 0 Å². The molecule has 0 radical (unpaired) electrons. The van der Waals surface area contributed by atoms with Crippen molar-refractivity contribution in [3.8, 4) is 0 Å². The van der Waals surface area contributed by atoms with Gasteiger partial charge in [-0.05, 0) is 38.3 Å². The van der Waals surface area contributed by atoms with Crippen molar-refractivity contribution in [1.82, 2.24) is 15.1 Å². The summed E-state index contributed by atoms with van der Waals surface area (Å²) in [4.78, 5) is 29.2. The quantitative estimate of drug-likeness (QED) is 0.624. The number of likely N-dealkylation sites (N-methyl/N-ethyl adjacent to an activating group) is 1. The molecule has 1 aliphatic heterocycles. The summed E-state index contributed by atoms with van der Waals surface area (Å²) in [7, 11) is 1.87. The summed E-state index contributed by atoms with van der Waals surface area (Å²) in [5.74, 6) is 0.265. The summed E-state index contributed by atoms with van der Waals surface area (Å²) >= 11 is 0. The van der Waals surface area contributed by atoms with E-state index in [0.29, 0.717) is 13.1 Å². The molecule has 0 saturated carbocycles. The molecular formula is C23H37N3O2. The fourth-order valence-electron chi connectivity index (χ4n) is 3.79. The summed E-state index contributed by atoms with van der Waals surface area (Å²) in [6.45, 7) is 6.96. The molecule has 1 aromatic rings. The van der Waals surface area contributed by atoms with Crippen LogP contribution in [0.2, 0.25) is 0 Å². The standard InChI is InChI=1S/C23H37N3O2/c1-4-5-6-10-15-24-23(28)21-14-11-16-26(17-21)18-22(27)25(3)19(2)20-12-8-7-9-13-20/h7-9,12-13,19,21H,4-6,10-11,14-18H2,1-3H3,(H,24,28). The zero-order chi connectivity index (χ0) is 20.4. The number of nitrogens with one attached hydrogen (secondary N) is 1. The molecule has 2 atom stereocenters. The summed E-state index contributed by atoms with van der Waals surface area (Å²) in [5, 5.41) is 3.09. The lowest BCUT2D eigenvalue weighted by atomic mass is 9.97. The lowest BCUT2D eigenvalue weighted by Crippen LogP contribution is -2.47. The monoisotopic (exact) mass is 387 g/mol. The molecule has 0 aromatic heterocycles.